The van der Waals surface area contributed by atoms with Crippen LogP contribution in [0, 0.1) is 3.57 Å². The van der Waals surface area contributed by atoms with Crippen LogP contribution in [-0.4, -0.2) is 46.5 Å². The third-order valence-electron chi connectivity index (χ3n) is 5.05. The molecule has 0 aromatic heterocycles. The van der Waals surface area contributed by atoms with Crippen molar-refractivity contribution in [1.29, 1.82) is 0 Å². The summed E-state index contributed by atoms with van der Waals surface area (Å²) >= 11 is 2.08. The number of nitrogens with zero attached hydrogens (tertiary/aromatic N) is 1. The zero-order chi connectivity index (χ0) is 27.5. The van der Waals surface area contributed by atoms with Crippen LogP contribution >= 0.6 is 22.6 Å². The van der Waals surface area contributed by atoms with Crippen molar-refractivity contribution in [2.24, 2.45) is 5.10 Å². The van der Waals surface area contributed by atoms with Crippen molar-refractivity contribution >= 4 is 50.9 Å². The summed E-state index contributed by atoms with van der Waals surface area (Å²) in [6.45, 7) is 1.82. The second kappa shape index (κ2) is 13.9. The first-order valence-electron chi connectivity index (χ1n) is 11.4. The normalized spacial score (nSPS) is 12.1. The van der Waals surface area contributed by atoms with Gasteiger partial charge in [-0.15, -0.1) is 0 Å². The molecular formula is C26H26IN3O7S. The van der Waals surface area contributed by atoms with E-state index in [1.165, 1.54) is 31.5 Å². The molecule has 3 aromatic carbocycles. The van der Waals surface area contributed by atoms with E-state index in [2.05, 4.69) is 37.8 Å². The number of methoxy groups -OCH3 is 1. The Morgan fingerprint density at radius 2 is 1.74 bits per heavy atom. The predicted octanol–water partition coefficient (Wildman–Crippen LogP) is 3.88. The lowest BCUT2D eigenvalue weighted by Gasteiger charge is -2.17. The molecule has 2 N–H and O–H groups in total. The van der Waals surface area contributed by atoms with E-state index in [0.29, 0.717) is 5.56 Å². The number of sulfonamides is 1. The minimum atomic E-state index is -3.98. The number of hydrazone groups is 1. The summed E-state index contributed by atoms with van der Waals surface area (Å²) in [5, 5.41) is 3.97. The van der Waals surface area contributed by atoms with Gasteiger partial charge in [0.05, 0.1) is 24.8 Å². The number of halogens is 1. The van der Waals surface area contributed by atoms with Crippen molar-refractivity contribution in [3.05, 3.63) is 87.5 Å². The maximum Gasteiger partial charge on any atom is 0.513 e. The second-order valence-corrected chi connectivity index (χ2v) is 10.7. The summed E-state index contributed by atoms with van der Waals surface area (Å²) in [7, 11) is -2.57. The molecule has 12 heteroatoms. The minimum Gasteiger partial charge on any atom is -0.493 e. The van der Waals surface area contributed by atoms with Crippen LogP contribution < -0.4 is 19.6 Å². The number of nitrogens with one attached hydrogen (secondary N) is 2. The summed E-state index contributed by atoms with van der Waals surface area (Å²) in [6, 6.07) is 18.8. The molecule has 0 aliphatic carbocycles. The van der Waals surface area contributed by atoms with E-state index in [0.717, 1.165) is 9.13 Å². The maximum absolute atomic E-state index is 13.0. The summed E-state index contributed by atoms with van der Waals surface area (Å²) < 4.78 is 44.4. The van der Waals surface area contributed by atoms with Crippen molar-refractivity contribution < 1.29 is 32.2 Å². The van der Waals surface area contributed by atoms with Gasteiger partial charge in [0.15, 0.2) is 11.5 Å². The molecule has 0 aliphatic rings. The monoisotopic (exact) mass is 651 g/mol. The Kier molecular flexibility index (Phi) is 10.6. The van der Waals surface area contributed by atoms with Crippen molar-refractivity contribution in [3.8, 4) is 11.5 Å². The Hall–Kier alpha value is -3.49. The largest absolute Gasteiger partial charge is 0.513 e. The number of carbonyl (C=O) groups excluding carboxylic acids is 2. The third kappa shape index (κ3) is 8.53. The molecule has 38 heavy (non-hydrogen) atoms. The molecule has 10 nitrogen and oxygen atoms in total. The number of hydrogen-bond acceptors (Lipinski definition) is 8. The smallest absolute Gasteiger partial charge is 0.493 e. The molecule has 1 atom stereocenters. The van der Waals surface area contributed by atoms with Crippen molar-refractivity contribution in [2.75, 3.05) is 13.7 Å². The molecular weight excluding hydrogens is 625 g/mol. The van der Waals surface area contributed by atoms with E-state index in [9.17, 15) is 18.0 Å². The molecule has 0 bridgehead atoms. The molecule has 0 fully saturated rings. The minimum absolute atomic E-state index is 0.0458. The van der Waals surface area contributed by atoms with Gasteiger partial charge in [0.25, 0.3) is 5.91 Å². The van der Waals surface area contributed by atoms with Gasteiger partial charge < -0.3 is 14.2 Å². The van der Waals surface area contributed by atoms with Gasteiger partial charge >= 0.3 is 6.16 Å². The van der Waals surface area contributed by atoms with Crippen molar-refractivity contribution in [1.82, 2.24) is 10.1 Å². The first-order chi connectivity index (χ1) is 18.2. The zero-order valence-electron chi connectivity index (χ0n) is 20.6. The first-order valence-corrected chi connectivity index (χ1v) is 14.0. The zero-order valence-corrected chi connectivity index (χ0v) is 23.6. The Morgan fingerprint density at radius 1 is 1.03 bits per heavy atom. The summed E-state index contributed by atoms with van der Waals surface area (Å²) in [4.78, 5) is 24.6. The Labute approximate surface area is 234 Å². The fraction of sp³-hybridized carbons (Fsp3) is 0.192. The van der Waals surface area contributed by atoms with Gasteiger partial charge in [0.1, 0.15) is 6.04 Å². The van der Waals surface area contributed by atoms with E-state index in [4.69, 9.17) is 14.2 Å². The van der Waals surface area contributed by atoms with Crippen LogP contribution in [0.1, 0.15) is 18.1 Å². The Balaban J connectivity index is 1.75. The predicted molar refractivity (Wildman–Crippen MR) is 150 cm³/mol. The quantitative estimate of drug-likeness (QED) is 0.106. The van der Waals surface area contributed by atoms with Crippen LogP contribution in [0.2, 0.25) is 0 Å². The average Bonchev–Trinajstić information content (AvgIpc) is 2.90. The highest BCUT2D eigenvalue weighted by Crippen LogP contribution is 2.28. The van der Waals surface area contributed by atoms with Gasteiger partial charge in [0, 0.05) is 3.57 Å². The van der Waals surface area contributed by atoms with Gasteiger partial charge in [-0.1, -0.05) is 30.3 Å². The molecule has 0 radical (unpaired) electrons. The molecule has 1 amide bonds. The second-order valence-electron chi connectivity index (χ2n) is 7.75. The number of amides is 1. The molecule has 200 valence electrons. The topological polar surface area (TPSA) is 132 Å². The van der Waals surface area contributed by atoms with Crippen LogP contribution in [0.25, 0.3) is 0 Å². The highest BCUT2D eigenvalue weighted by Gasteiger charge is 2.26. The lowest BCUT2D eigenvalue weighted by atomic mass is 10.1. The summed E-state index contributed by atoms with van der Waals surface area (Å²) in [5.41, 5.74) is 3.68. The van der Waals surface area contributed by atoms with Gasteiger partial charge in [-0.05, 0) is 89.5 Å². The molecule has 0 spiro atoms. The molecule has 0 heterocycles. The van der Waals surface area contributed by atoms with Gasteiger partial charge in [-0.2, -0.15) is 9.82 Å². The van der Waals surface area contributed by atoms with Crippen LogP contribution in [-0.2, 0) is 26.0 Å². The summed E-state index contributed by atoms with van der Waals surface area (Å²) in [5.74, 6) is -0.242. The highest BCUT2D eigenvalue weighted by molar-refractivity contribution is 14.1. The Morgan fingerprint density at radius 3 is 2.39 bits per heavy atom. The van der Waals surface area contributed by atoms with Crippen LogP contribution in [0.4, 0.5) is 4.79 Å². The molecule has 0 unspecified atom stereocenters. The van der Waals surface area contributed by atoms with E-state index < -0.39 is 28.1 Å². The molecule has 0 saturated carbocycles. The van der Waals surface area contributed by atoms with Crippen LogP contribution in [0.5, 0.6) is 11.5 Å². The molecule has 0 aliphatic heterocycles. The number of hydrogen-bond donors (Lipinski definition) is 2. The first kappa shape index (κ1) is 29.1. The molecule has 3 rings (SSSR count). The third-order valence-corrected chi connectivity index (χ3v) is 7.26. The standard InChI is InChI=1S/C26H26IN3O7S/c1-3-36-26(32)37-23-14-9-19(16-24(23)35-2)17-28-29-25(31)22(15-18-7-5-4-6-8-18)30-38(33,34)21-12-10-20(27)11-13-21/h4-14,16-17,22,30H,3,15H2,1-2H3,(H,29,31)/b28-17-/t22-/m0/s1. The Bertz CT molecular complexity index is 1380. The number of ether oxygens (including phenoxy) is 3. The average molecular weight is 651 g/mol. The number of benzene rings is 3. The fourth-order valence-corrected chi connectivity index (χ4v) is 4.80. The SMILES string of the molecule is CCOC(=O)Oc1ccc(/C=N\NC(=O)[C@H](Cc2ccccc2)NS(=O)(=O)c2ccc(I)cc2)cc1OC. The number of rotatable bonds is 11. The van der Waals surface area contributed by atoms with Crippen molar-refractivity contribution in [3.63, 3.8) is 0 Å². The lowest BCUT2D eigenvalue weighted by Crippen LogP contribution is -2.46. The van der Waals surface area contributed by atoms with E-state index in [-0.39, 0.29) is 29.4 Å². The fourth-order valence-electron chi connectivity index (χ4n) is 3.24. The van der Waals surface area contributed by atoms with E-state index >= 15 is 0 Å². The van der Waals surface area contributed by atoms with Crippen molar-refractivity contribution in [2.45, 2.75) is 24.3 Å². The number of carbonyl (C=O) groups is 2. The lowest BCUT2D eigenvalue weighted by molar-refractivity contribution is -0.122. The van der Waals surface area contributed by atoms with Crippen LogP contribution in [0.3, 0.4) is 0 Å². The van der Waals surface area contributed by atoms with Crippen LogP contribution in [0.15, 0.2) is 82.8 Å². The van der Waals surface area contributed by atoms with E-state index in [1.54, 1.807) is 55.5 Å². The maximum atomic E-state index is 13.0. The van der Waals surface area contributed by atoms with Gasteiger partial charge in [-0.3, -0.25) is 4.79 Å². The van der Waals surface area contributed by atoms with E-state index in [1.807, 2.05) is 6.07 Å². The van der Waals surface area contributed by atoms with Gasteiger partial charge in [-0.25, -0.2) is 18.6 Å². The molecule has 0 saturated heterocycles. The summed E-state index contributed by atoms with van der Waals surface area (Å²) in [6.07, 6.45) is 0.595. The van der Waals surface area contributed by atoms with Gasteiger partial charge in [0.2, 0.25) is 10.0 Å². The molecule has 3 aromatic rings. The highest BCUT2D eigenvalue weighted by atomic mass is 127.